The van der Waals surface area contributed by atoms with E-state index < -0.39 is 0 Å². The first-order valence-electron chi connectivity index (χ1n) is 4.04. The van der Waals surface area contributed by atoms with Crippen molar-refractivity contribution in [2.75, 3.05) is 13.2 Å². The predicted octanol–water partition coefficient (Wildman–Crippen LogP) is 1.57. The molecule has 66 valence electrons. The summed E-state index contributed by atoms with van der Waals surface area (Å²) in [6.45, 7) is 5.13. The van der Waals surface area contributed by atoms with Crippen LogP contribution in [-0.2, 0) is 14.2 Å². The van der Waals surface area contributed by atoms with Crippen molar-refractivity contribution >= 4 is 0 Å². The molecular weight excluding hydrogens is 156 g/mol. The number of hydrogen-bond acceptors (Lipinski definition) is 3. The third-order valence-corrected chi connectivity index (χ3v) is 1.99. The zero-order valence-corrected chi connectivity index (χ0v) is 7.29. The molecule has 0 aromatic heterocycles. The van der Waals surface area contributed by atoms with Gasteiger partial charge in [-0.2, -0.15) is 0 Å². The smallest absolute Gasteiger partial charge is 0.186 e. The summed E-state index contributed by atoms with van der Waals surface area (Å²) in [4.78, 5) is 0. The number of rotatable bonds is 4. The molecule has 0 aliphatic carbocycles. The van der Waals surface area contributed by atoms with E-state index in [0.717, 1.165) is 18.1 Å². The number of hydrogen-bond donors (Lipinski definition) is 0. The Bertz CT molecular complexity index is 248. The van der Waals surface area contributed by atoms with Crippen molar-refractivity contribution in [3.8, 4) is 0 Å². The molecule has 1 fully saturated rings. The molecule has 3 heteroatoms. The lowest BCUT2D eigenvalue weighted by Gasteiger charge is -2.03. The second-order valence-electron chi connectivity index (χ2n) is 3.05. The molecule has 0 spiro atoms. The summed E-state index contributed by atoms with van der Waals surface area (Å²) in [5.41, 5.74) is -0.233. The van der Waals surface area contributed by atoms with Gasteiger partial charge < -0.3 is 14.2 Å². The fourth-order valence-electron chi connectivity index (χ4n) is 1.19. The van der Waals surface area contributed by atoms with Crippen molar-refractivity contribution in [2.24, 2.45) is 0 Å². The minimum atomic E-state index is -0.233. The van der Waals surface area contributed by atoms with Crippen LogP contribution in [0.2, 0.25) is 0 Å². The fraction of sp³-hybridized carbons (Fsp3) is 0.556. The van der Waals surface area contributed by atoms with E-state index >= 15 is 0 Å². The van der Waals surface area contributed by atoms with Crippen molar-refractivity contribution in [1.82, 2.24) is 0 Å². The standard InChI is InChI=1S/C9H12O3/c1-3-4-10-5-9(6-11-9)8-7(2)12-8/h3-4H,5-6H2,1-2H3/b4-3+. The van der Waals surface area contributed by atoms with E-state index in [1.807, 2.05) is 19.9 Å². The molecule has 0 radical (unpaired) electrons. The average molecular weight is 168 g/mol. The Kier molecular flexibility index (Phi) is 1.61. The minimum Gasteiger partial charge on any atom is -0.498 e. The van der Waals surface area contributed by atoms with Gasteiger partial charge in [-0.05, 0) is 13.8 Å². The summed E-state index contributed by atoms with van der Waals surface area (Å²) in [6.07, 6.45) is 3.52. The van der Waals surface area contributed by atoms with Crippen LogP contribution in [0.3, 0.4) is 0 Å². The number of ether oxygens (including phenoxy) is 3. The molecule has 1 saturated heterocycles. The Balaban J connectivity index is 1.87. The van der Waals surface area contributed by atoms with Gasteiger partial charge in [-0.25, -0.2) is 0 Å². The van der Waals surface area contributed by atoms with Crippen LogP contribution >= 0.6 is 0 Å². The molecule has 3 nitrogen and oxygen atoms in total. The van der Waals surface area contributed by atoms with Crippen LogP contribution in [-0.4, -0.2) is 18.8 Å². The highest BCUT2D eigenvalue weighted by Gasteiger charge is 2.57. The van der Waals surface area contributed by atoms with Crippen LogP contribution in [0.4, 0.5) is 0 Å². The fourth-order valence-corrected chi connectivity index (χ4v) is 1.19. The SMILES string of the molecule is C/C=C/OCC1(C2=C(C)O2)CO1. The average Bonchev–Trinajstić information content (AvgIpc) is 2.89. The van der Waals surface area contributed by atoms with Gasteiger partial charge in [0.25, 0.3) is 0 Å². The van der Waals surface area contributed by atoms with Crippen LogP contribution in [0.15, 0.2) is 23.9 Å². The van der Waals surface area contributed by atoms with Gasteiger partial charge in [-0.1, -0.05) is 6.08 Å². The van der Waals surface area contributed by atoms with Crippen LogP contribution in [0, 0.1) is 0 Å². The molecule has 0 aromatic rings. The molecule has 12 heavy (non-hydrogen) atoms. The molecule has 0 amide bonds. The molecule has 2 rings (SSSR count). The van der Waals surface area contributed by atoms with E-state index in [0.29, 0.717) is 6.61 Å². The second kappa shape index (κ2) is 2.52. The van der Waals surface area contributed by atoms with Crippen molar-refractivity contribution in [2.45, 2.75) is 19.4 Å². The first-order chi connectivity index (χ1) is 5.78. The molecule has 1 atom stereocenters. The highest BCUT2D eigenvalue weighted by Crippen LogP contribution is 2.46. The Labute approximate surface area is 71.6 Å². The topological polar surface area (TPSA) is 34.3 Å². The van der Waals surface area contributed by atoms with Gasteiger partial charge >= 0.3 is 0 Å². The Morgan fingerprint density at radius 3 is 2.75 bits per heavy atom. The highest BCUT2D eigenvalue weighted by atomic mass is 16.7. The van der Waals surface area contributed by atoms with Crippen molar-refractivity contribution < 1.29 is 14.2 Å². The van der Waals surface area contributed by atoms with E-state index in [4.69, 9.17) is 14.2 Å². The summed E-state index contributed by atoms with van der Waals surface area (Å²) in [7, 11) is 0. The Morgan fingerprint density at radius 2 is 2.33 bits per heavy atom. The molecule has 2 heterocycles. The Morgan fingerprint density at radius 1 is 1.67 bits per heavy atom. The third kappa shape index (κ3) is 1.20. The van der Waals surface area contributed by atoms with Gasteiger partial charge in [-0.15, -0.1) is 0 Å². The van der Waals surface area contributed by atoms with Crippen molar-refractivity contribution in [1.29, 1.82) is 0 Å². The monoisotopic (exact) mass is 168 g/mol. The van der Waals surface area contributed by atoms with Crippen molar-refractivity contribution in [3.63, 3.8) is 0 Å². The predicted molar refractivity (Wildman–Crippen MR) is 43.2 cm³/mol. The van der Waals surface area contributed by atoms with E-state index in [1.54, 1.807) is 6.26 Å². The third-order valence-electron chi connectivity index (χ3n) is 1.99. The molecule has 0 N–H and O–H groups in total. The van der Waals surface area contributed by atoms with E-state index in [-0.39, 0.29) is 5.60 Å². The molecule has 0 bridgehead atoms. The maximum atomic E-state index is 5.30. The summed E-state index contributed by atoms with van der Waals surface area (Å²) in [5.74, 6) is 1.95. The summed E-state index contributed by atoms with van der Waals surface area (Å²) < 4.78 is 15.7. The molecule has 0 saturated carbocycles. The number of allylic oxidation sites excluding steroid dienone is 2. The highest BCUT2D eigenvalue weighted by molar-refractivity contribution is 5.31. The van der Waals surface area contributed by atoms with Gasteiger partial charge in [0.1, 0.15) is 12.4 Å². The van der Waals surface area contributed by atoms with Crippen LogP contribution in [0.1, 0.15) is 13.8 Å². The van der Waals surface area contributed by atoms with E-state index in [9.17, 15) is 0 Å². The van der Waals surface area contributed by atoms with Gasteiger partial charge in [0.15, 0.2) is 11.4 Å². The minimum absolute atomic E-state index is 0.233. The summed E-state index contributed by atoms with van der Waals surface area (Å²) in [6, 6.07) is 0. The lowest BCUT2D eigenvalue weighted by atomic mass is 10.1. The molecule has 1 unspecified atom stereocenters. The zero-order chi connectivity index (χ0) is 8.60. The first-order valence-corrected chi connectivity index (χ1v) is 4.04. The van der Waals surface area contributed by atoms with E-state index in [1.165, 1.54) is 0 Å². The van der Waals surface area contributed by atoms with Crippen LogP contribution in [0.5, 0.6) is 0 Å². The lowest BCUT2D eigenvalue weighted by Crippen LogP contribution is -2.16. The molecular formula is C9H12O3. The first kappa shape index (κ1) is 7.68. The second-order valence-corrected chi connectivity index (χ2v) is 3.05. The maximum Gasteiger partial charge on any atom is 0.186 e. The molecule has 2 aliphatic heterocycles. The van der Waals surface area contributed by atoms with Gasteiger partial charge in [0, 0.05) is 0 Å². The van der Waals surface area contributed by atoms with Crippen molar-refractivity contribution in [3.05, 3.63) is 23.9 Å². The maximum absolute atomic E-state index is 5.30. The quantitative estimate of drug-likeness (QED) is 0.472. The van der Waals surface area contributed by atoms with Crippen LogP contribution in [0.25, 0.3) is 0 Å². The van der Waals surface area contributed by atoms with Gasteiger partial charge in [0.2, 0.25) is 0 Å². The lowest BCUT2D eigenvalue weighted by molar-refractivity contribution is 0.158. The summed E-state index contributed by atoms with van der Waals surface area (Å²) in [5, 5.41) is 0. The number of epoxide rings is 1. The van der Waals surface area contributed by atoms with Crippen LogP contribution < -0.4 is 0 Å². The summed E-state index contributed by atoms with van der Waals surface area (Å²) >= 11 is 0. The van der Waals surface area contributed by atoms with Gasteiger partial charge in [0.05, 0.1) is 12.9 Å². The zero-order valence-electron chi connectivity index (χ0n) is 7.29. The Hall–Kier alpha value is -0.960. The normalized spacial score (nSPS) is 32.2. The van der Waals surface area contributed by atoms with E-state index in [2.05, 4.69) is 0 Å². The largest absolute Gasteiger partial charge is 0.498 e. The molecule has 2 aliphatic rings. The van der Waals surface area contributed by atoms with Gasteiger partial charge in [-0.3, -0.25) is 0 Å². The molecule has 0 aromatic carbocycles.